The summed E-state index contributed by atoms with van der Waals surface area (Å²) in [5.74, 6) is -1.05. The fourth-order valence-electron chi connectivity index (χ4n) is 4.79. The van der Waals surface area contributed by atoms with Crippen LogP contribution in [0.25, 0.3) is 5.52 Å². The van der Waals surface area contributed by atoms with E-state index in [4.69, 9.17) is 9.47 Å². The molecule has 0 saturated carbocycles. The van der Waals surface area contributed by atoms with E-state index in [1.165, 1.54) is 31.4 Å². The van der Waals surface area contributed by atoms with Crippen LogP contribution in [-0.2, 0) is 22.6 Å². The molecule has 4 aromatic rings. The summed E-state index contributed by atoms with van der Waals surface area (Å²) in [5, 5.41) is 0. The van der Waals surface area contributed by atoms with Crippen LogP contribution in [0.2, 0.25) is 0 Å². The molecule has 3 heterocycles. The summed E-state index contributed by atoms with van der Waals surface area (Å²) >= 11 is 0. The number of esters is 1. The van der Waals surface area contributed by atoms with E-state index in [-0.39, 0.29) is 30.1 Å². The first-order chi connectivity index (χ1) is 19.2. The number of ketones is 2. The lowest BCUT2D eigenvalue weighted by atomic mass is 9.79. The second kappa shape index (κ2) is 11.3. The molecule has 0 aliphatic rings. The summed E-state index contributed by atoms with van der Waals surface area (Å²) in [6.45, 7) is 10.9. The molecule has 1 aromatic carbocycles. The van der Waals surface area contributed by atoms with E-state index in [0.717, 1.165) is 11.4 Å². The standard InChI is InChI=1S/C33H35FN2O5/c1-20-9-8-10-23(35-20)19-41-24-15-16-36-26(17-24)27(30(38)32(2,3)4)25(18-33(5,6)31(39)40-7)28(36)29(37)21-11-13-22(34)14-12-21/h8-17H,18-19H2,1-7H3. The highest BCUT2D eigenvalue weighted by Crippen LogP contribution is 2.37. The van der Waals surface area contributed by atoms with Gasteiger partial charge in [-0.3, -0.25) is 19.4 Å². The Labute approximate surface area is 239 Å². The number of nitrogens with zero attached hydrogens (tertiary/aromatic N) is 2. The van der Waals surface area contributed by atoms with Crippen molar-refractivity contribution in [3.05, 3.63) is 100 Å². The molecule has 0 fully saturated rings. The van der Waals surface area contributed by atoms with Crippen LogP contribution in [-0.4, -0.2) is 34.0 Å². The summed E-state index contributed by atoms with van der Waals surface area (Å²) in [4.78, 5) is 45.3. The van der Waals surface area contributed by atoms with Crippen LogP contribution < -0.4 is 4.74 Å². The van der Waals surface area contributed by atoms with Gasteiger partial charge in [0.05, 0.1) is 29.4 Å². The maximum atomic E-state index is 14.0. The van der Waals surface area contributed by atoms with Crippen LogP contribution >= 0.6 is 0 Å². The summed E-state index contributed by atoms with van der Waals surface area (Å²) in [7, 11) is 1.30. The second-order valence-corrected chi connectivity index (χ2v) is 11.8. The molecule has 0 N–H and O–H groups in total. The predicted octanol–water partition coefficient (Wildman–Crippen LogP) is 6.56. The van der Waals surface area contributed by atoms with Gasteiger partial charge in [0, 0.05) is 34.5 Å². The number of carbonyl (C=O) groups excluding carboxylic acids is 3. The van der Waals surface area contributed by atoms with Crippen LogP contribution in [0, 0.1) is 23.6 Å². The van der Waals surface area contributed by atoms with Crippen LogP contribution in [0.15, 0.2) is 60.8 Å². The number of halogens is 1. The van der Waals surface area contributed by atoms with Crippen molar-refractivity contribution in [1.29, 1.82) is 0 Å². The topological polar surface area (TPSA) is 87.0 Å². The van der Waals surface area contributed by atoms with E-state index >= 15 is 0 Å². The smallest absolute Gasteiger partial charge is 0.311 e. The number of aromatic nitrogens is 2. The molecule has 0 unspecified atom stereocenters. The first kappa shape index (κ1) is 29.6. The largest absolute Gasteiger partial charge is 0.487 e. The highest BCUT2D eigenvalue weighted by atomic mass is 19.1. The van der Waals surface area contributed by atoms with Crippen molar-refractivity contribution in [3.63, 3.8) is 0 Å². The highest BCUT2D eigenvalue weighted by Gasteiger charge is 2.38. The lowest BCUT2D eigenvalue weighted by molar-refractivity contribution is -0.150. The minimum absolute atomic E-state index is 0.0597. The van der Waals surface area contributed by atoms with Gasteiger partial charge < -0.3 is 13.9 Å². The number of hydrogen-bond acceptors (Lipinski definition) is 6. The molecular weight excluding hydrogens is 523 g/mol. The average Bonchev–Trinajstić information content (AvgIpc) is 3.22. The van der Waals surface area contributed by atoms with E-state index in [0.29, 0.717) is 22.4 Å². The molecule has 4 rings (SSSR count). The molecule has 7 nitrogen and oxygen atoms in total. The molecular formula is C33H35FN2O5. The lowest BCUT2D eigenvalue weighted by Gasteiger charge is -2.24. The van der Waals surface area contributed by atoms with Gasteiger partial charge in [0.1, 0.15) is 18.2 Å². The normalized spacial score (nSPS) is 11.9. The van der Waals surface area contributed by atoms with Gasteiger partial charge in [-0.15, -0.1) is 0 Å². The van der Waals surface area contributed by atoms with E-state index < -0.39 is 28.4 Å². The summed E-state index contributed by atoms with van der Waals surface area (Å²) in [6, 6.07) is 14.4. The van der Waals surface area contributed by atoms with Gasteiger partial charge in [-0.25, -0.2) is 4.39 Å². The second-order valence-electron chi connectivity index (χ2n) is 11.8. The molecule has 0 radical (unpaired) electrons. The lowest BCUT2D eigenvalue weighted by Crippen LogP contribution is -2.30. The summed E-state index contributed by atoms with van der Waals surface area (Å²) < 4.78 is 26.5. The Bertz CT molecular complexity index is 1630. The number of hydrogen-bond donors (Lipinski definition) is 0. The van der Waals surface area contributed by atoms with Crippen LogP contribution in [0.5, 0.6) is 5.75 Å². The maximum absolute atomic E-state index is 14.0. The van der Waals surface area contributed by atoms with Crippen molar-refractivity contribution in [3.8, 4) is 5.75 Å². The number of fused-ring (bicyclic) bond motifs is 1. The van der Waals surface area contributed by atoms with Crippen LogP contribution in [0.3, 0.4) is 0 Å². The maximum Gasteiger partial charge on any atom is 0.311 e. The molecule has 0 bridgehead atoms. The molecule has 3 aromatic heterocycles. The molecule has 214 valence electrons. The van der Waals surface area contributed by atoms with Crippen molar-refractivity contribution >= 4 is 23.1 Å². The fraction of sp³-hybridized carbons (Fsp3) is 0.333. The predicted molar refractivity (Wildman–Crippen MR) is 154 cm³/mol. The minimum atomic E-state index is -1.05. The van der Waals surface area contributed by atoms with E-state index in [1.807, 2.05) is 25.1 Å². The van der Waals surface area contributed by atoms with Crippen LogP contribution in [0.4, 0.5) is 4.39 Å². The monoisotopic (exact) mass is 558 g/mol. The van der Waals surface area contributed by atoms with Gasteiger partial charge in [-0.2, -0.15) is 0 Å². The summed E-state index contributed by atoms with van der Waals surface area (Å²) in [5.41, 5.74) is 1.47. The average molecular weight is 559 g/mol. The van der Waals surface area contributed by atoms with Gasteiger partial charge in [0.15, 0.2) is 5.78 Å². The number of methoxy groups -OCH3 is 1. The third-order valence-electron chi connectivity index (χ3n) is 6.93. The first-order valence-electron chi connectivity index (χ1n) is 13.4. The SMILES string of the molecule is COC(=O)C(C)(C)Cc1c(C(=O)C(C)(C)C)c2cc(OCc3cccc(C)n3)ccn2c1C(=O)c1ccc(F)cc1. The van der Waals surface area contributed by atoms with Crippen molar-refractivity contribution in [2.24, 2.45) is 10.8 Å². The molecule has 0 amide bonds. The van der Waals surface area contributed by atoms with Crippen molar-refractivity contribution < 1.29 is 28.2 Å². The Kier molecular flexibility index (Phi) is 8.15. The van der Waals surface area contributed by atoms with Gasteiger partial charge >= 0.3 is 5.97 Å². The molecule has 41 heavy (non-hydrogen) atoms. The van der Waals surface area contributed by atoms with E-state index in [9.17, 15) is 18.8 Å². The van der Waals surface area contributed by atoms with Gasteiger partial charge in [-0.1, -0.05) is 26.8 Å². The number of rotatable bonds is 9. The zero-order valence-corrected chi connectivity index (χ0v) is 24.5. The Balaban J connectivity index is 1.96. The number of aryl methyl sites for hydroxylation is 1. The third kappa shape index (κ3) is 6.21. The van der Waals surface area contributed by atoms with Crippen LogP contribution in [0.1, 0.15) is 78.0 Å². The Hall–Kier alpha value is -4.33. The van der Waals surface area contributed by atoms with Crippen molar-refractivity contribution in [1.82, 2.24) is 9.38 Å². The van der Waals surface area contributed by atoms with Crippen molar-refractivity contribution in [2.45, 2.75) is 54.6 Å². The first-order valence-corrected chi connectivity index (χ1v) is 13.4. The molecule has 0 atom stereocenters. The fourth-order valence-corrected chi connectivity index (χ4v) is 4.79. The number of ether oxygens (including phenoxy) is 2. The third-order valence-corrected chi connectivity index (χ3v) is 6.93. The summed E-state index contributed by atoms with van der Waals surface area (Å²) in [6.07, 6.45) is 1.74. The Morgan fingerprint density at radius 3 is 2.27 bits per heavy atom. The zero-order valence-electron chi connectivity index (χ0n) is 24.5. The van der Waals surface area contributed by atoms with Gasteiger partial charge in [0.25, 0.3) is 0 Å². The number of pyridine rings is 2. The van der Waals surface area contributed by atoms with E-state index in [2.05, 4.69) is 4.98 Å². The zero-order chi connectivity index (χ0) is 30.1. The number of carbonyl (C=O) groups is 3. The molecule has 0 aliphatic heterocycles. The number of benzene rings is 1. The Morgan fingerprint density at radius 1 is 0.976 bits per heavy atom. The molecule has 8 heteroatoms. The van der Waals surface area contributed by atoms with Gasteiger partial charge in [-0.05, 0) is 75.2 Å². The Morgan fingerprint density at radius 2 is 1.66 bits per heavy atom. The molecule has 0 spiro atoms. The van der Waals surface area contributed by atoms with Gasteiger partial charge in [0.2, 0.25) is 5.78 Å². The molecule has 0 aliphatic carbocycles. The highest BCUT2D eigenvalue weighted by molar-refractivity contribution is 6.15. The minimum Gasteiger partial charge on any atom is -0.487 e. The molecule has 0 saturated heterocycles. The van der Waals surface area contributed by atoms with E-state index in [1.54, 1.807) is 57.3 Å². The van der Waals surface area contributed by atoms with Crippen molar-refractivity contribution in [2.75, 3.05) is 7.11 Å². The number of Topliss-reactive ketones (excluding diaryl/α,β-unsaturated/α-hetero) is 1. The quantitative estimate of drug-likeness (QED) is 0.171.